The monoisotopic (exact) mass is 163 g/mol. The van der Waals surface area contributed by atoms with Gasteiger partial charge in [-0.05, 0) is 6.07 Å². The molecule has 0 aliphatic carbocycles. The smallest absolute Gasteiger partial charge is 0.422 e. The van der Waals surface area contributed by atoms with E-state index in [4.69, 9.17) is 0 Å². The maximum atomic E-state index is 11.8. The summed E-state index contributed by atoms with van der Waals surface area (Å²) < 4.78 is 35.6. The van der Waals surface area contributed by atoms with Crippen LogP contribution < -0.4 is 4.73 Å². The van der Waals surface area contributed by atoms with Gasteiger partial charge in [0.05, 0.1) is 0 Å². The standard InChI is InChI=1S/C6H4F3NO/c7-6(8,9)5-2-1-3-10(11)4-5/h1-4H. The molecule has 0 atom stereocenters. The molecular formula is C6H4F3NO. The summed E-state index contributed by atoms with van der Waals surface area (Å²) in [5, 5.41) is 10.4. The van der Waals surface area contributed by atoms with Crippen LogP contribution in [0.3, 0.4) is 0 Å². The van der Waals surface area contributed by atoms with Gasteiger partial charge in [-0.3, -0.25) is 0 Å². The molecule has 0 aromatic carbocycles. The summed E-state index contributed by atoms with van der Waals surface area (Å²) in [4.78, 5) is 0. The van der Waals surface area contributed by atoms with Crippen molar-refractivity contribution in [1.29, 1.82) is 0 Å². The van der Waals surface area contributed by atoms with Crippen LogP contribution in [0.5, 0.6) is 0 Å². The molecule has 1 aromatic rings. The Morgan fingerprint density at radius 1 is 1.36 bits per heavy atom. The van der Waals surface area contributed by atoms with E-state index in [1.54, 1.807) is 0 Å². The van der Waals surface area contributed by atoms with Crippen molar-refractivity contribution in [3.8, 4) is 0 Å². The minimum absolute atomic E-state index is 0.114. The first-order chi connectivity index (χ1) is 5.00. The summed E-state index contributed by atoms with van der Waals surface area (Å²) >= 11 is 0. The van der Waals surface area contributed by atoms with E-state index in [1.165, 1.54) is 0 Å². The Bertz CT molecular complexity index is 258. The zero-order valence-electron chi connectivity index (χ0n) is 5.30. The molecule has 0 aliphatic rings. The molecule has 0 radical (unpaired) electrons. The molecule has 0 saturated carbocycles. The number of hydrogen-bond donors (Lipinski definition) is 0. The van der Waals surface area contributed by atoms with Crippen LogP contribution in [0.15, 0.2) is 24.5 Å². The van der Waals surface area contributed by atoms with E-state index < -0.39 is 11.7 Å². The molecule has 0 bridgehead atoms. The molecule has 60 valence electrons. The van der Waals surface area contributed by atoms with E-state index in [-0.39, 0.29) is 4.73 Å². The van der Waals surface area contributed by atoms with Gasteiger partial charge in [0.15, 0.2) is 12.4 Å². The first-order valence-electron chi connectivity index (χ1n) is 2.76. The zero-order valence-corrected chi connectivity index (χ0v) is 5.30. The van der Waals surface area contributed by atoms with E-state index in [2.05, 4.69) is 0 Å². The highest BCUT2D eigenvalue weighted by atomic mass is 19.4. The second kappa shape index (κ2) is 2.41. The van der Waals surface area contributed by atoms with Gasteiger partial charge in [-0.2, -0.15) is 17.9 Å². The van der Waals surface area contributed by atoms with Crippen molar-refractivity contribution in [3.63, 3.8) is 0 Å². The van der Waals surface area contributed by atoms with Gasteiger partial charge in [0.2, 0.25) is 0 Å². The molecule has 0 unspecified atom stereocenters. The van der Waals surface area contributed by atoms with Crippen LogP contribution >= 0.6 is 0 Å². The van der Waals surface area contributed by atoms with Crippen LogP contribution in [-0.2, 0) is 6.18 Å². The average molecular weight is 163 g/mol. The van der Waals surface area contributed by atoms with E-state index >= 15 is 0 Å². The molecule has 2 nitrogen and oxygen atoms in total. The van der Waals surface area contributed by atoms with Crippen molar-refractivity contribution in [1.82, 2.24) is 0 Å². The van der Waals surface area contributed by atoms with Crippen LogP contribution in [-0.4, -0.2) is 0 Å². The predicted molar refractivity (Wildman–Crippen MR) is 30.4 cm³/mol. The molecule has 0 amide bonds. The normalized spacial score (nSPS) is 11.5. The lowest BCUT2D eigenvalue weighted by molar-refractivity contribution is -0.606. The highest BCUT2D eigenvalue weighted by molar-refractivity contribution is 5.09. The number of aromatic nitrogens is 1. The van der Waals surface area contributed by atoms with Gasteiger partial charge < -0.3 is 5.21 Å². The van der Waals surface area contributed by atoms with E-state index in [0.29, 0.717) is 6.20 Å². The van der Waals surface area contributed by atoms with Crippen LogP contribution in [0.4, 0.5) is 13.2 Å². The first-order valence-corrected chi connectivity index (χ1v) is 2.76. The number of nitrogens with zero attached hydrogens (tertiary/aromatic N) is 1. The van der Waals surface area contributed by atoms with Crippen LogP contribution in [0, 0.1) is 5.21 Å². The zero-order chi connectivity index (χ0) is 8.48. The third kappa shape index (κ3) is 1.83. The van der Waals surface area contributed by atoms with Crippen molar-refractivity contribution < 1.29 is 17.9 Å². The van der Waals surface area contributed by atoms with Gasteiger partial charge in [-0.25, -0.2) is 0 Å². The lowest BCUT2D eigenvalue weighted by atomic mass is 10.3. The number of hydrogen-bond acceptors (Lipinski definition) is 1. The lowest BCUT2D eigenvalue weighted by Gasteiger charge is -2.04. The van der Waals surface area contributed by atoms with E-state index in [9.17, 15) is 18.4 Å². The molecule has 0 N–H and O–H groups in total. The second-order valence-electron chi connectivity index (χ2n) is 1.95. The van der Waals surface area contributed by atoms with Gasteiger partial charge in [0, 0.05) is 6.07 Å². The number of pyridine rings is 1. The highest BCUT2D eigenvalue weighted by Crippen LogP contribution is 2.27. The van der Waals surface area contributed by atoms with Crippen molar-refractivity contribution in [2.75, 3.05) is 0 Å². The third-order valence-corrected chi connectivity index (χ3v) is 1.10. The Hall–Kier alpha value is -1.26. The molecule has 0 fully saturated rings. The van der Waals surface area contributed by atoms with Gasteiger partial charge in [0.1, 0.15) is 5.56 Å². The minimum atomic E-state index is -4.44. The lowest BCUT2D eigenvalue weighted by Crippen LogP contribution is -2.26. The number of alkyl halides is 3. The van der Waals surface area contributed by atoms with Crippen molar-refractivity contribution in [2.45, 2.75) is 6.18 Å². The Kier molecular flexibility index (Phi) is 1.72. The molecule has 0 saturated heterocycles. The molecular weight excluding hydrogens is 159 g/mol. The van der Waals surface area contributed by atoms with Crippen LogP contribution in [0.1, 0.15) is 5.56 Å². The molecule has 11 heavy (non-hydrogen) atoms. The number of halogens is 3. The molecule has 0 aliphatic heterocycles. The van der Waals surface area contributed by atoms with E-state index in [0.717, 1.165) is 18.3 Å². The fraction of sp³-hybridized carbons (Fsp3) is 0.167. The summed E-state index contributed by atoms with van der Waals surface area (Å²) in [5.74, 6) is 0. The summed E-state index contributed by atoms with van der Waals surface area (Å²) in [6.45, 7) is 0. The quantitative estimate of drug-likeness (QED) is 0.418. The average Bonchev–Trinajstić information content (AvgIpc) is 1.86. The topological polar surface area (TPSA) is 26.9 Å². The van der Waals surface area contributed by atoms with Crippen molar-refractivity contribution in [2.24, 2.45) is 0 Å². The molecule has 1 rings (SSSR count). The van der Waals surface area contributed by atoms with Crippen molar-refractivity contribution in [3.05, 3.63) is 35.3 Å². The summed E-state index contributed by atoms with van der Waals surface area (Å²) in [5.41, 5.74) is -0.935. The summed E-state index contributed by atoms with van der Waals surface area (Å²) in [6.07, 6.45) is -2.96. The minimum Gasteiger partial charge on any atom is -0.619 e. The van der Waals surface area contributed by atoms with E-state index in [1.807, 2.05) is 0 Å². The summed E-state index contributed by atoms with van der Waals surface area (Å²) in [6, 6.07) is 1.89. The Morgan fingerprint density at radius 2 is 2.00 bits per heavy atom. The van der Waals surface area contributed by atoms with Crippen molar-refractivity contribution >= 4 is 0 Å². The van der Waals surface area contributed by atoms with Gasteiger partial charge in [-0.1, -0.05) is 0 Å². The SMILES string of the molecule is [O-][n+]1cccc(C(F)(F)F)c1. The molecule has 0 spiro atoms. The largest absolute Gasteiger partial charge is 0.619 e. The Labute approximate surface area is 60.5 Å². The van der Waals surface area contributed by atoms with Gasteiger partial charge in [-0.15, -0.1) is 0 Å². The maximum Gasteiger partial charge on any atom is 0.422 e. The second-order valence-corrected chi connectivity index (χ2v) is 1.95. The first kappa shape index (κ1) is 7.84. The third-order valence-electron chi connectivity index (χ3n) is 1.10. The van der Waals surface area contributed by atoms with Gasteiger partial charge in [0.25, 0.3) is 0 Å². The Balaban J connectivity index is 3.06. The molecule has 1 aromatic heterocycles. The Morgan fingerprint density at radius 3 is 2.36 bits per heavy atom. The van der Waals surface area contributed by atoms with Crippen LogP contribution in [0.2, 0.25) is 0 Å². The predicted octanol–water partition coefficient (Wildman–Crippen LogP) is 1.34. The highest BCUT2D eigenvalue weighted by Gasteiger charge is 2.32. The van der Waals surface area contributed by atoms with Gasteiger partial charge >= 0.3 is 6.18 Å². The maximum absolute atomic E-state index is 11.8. The number of rotatable bonds is 0. The molecule has 5 heteroatoms. The summed E-state index contributed by atoms with van der Waals surface area (Å²) in [7, 11) is 0. The molecule has 1 heterocycles. The fourth-order valence-corrected chi connectivity index (χ4v) is 0.622. The van der Waals surface area contributed by atoms with Crippen LogP contribution in [0.25, 0.3) is 0 Å². The fourth-order valence-electron chi connectivity index (χ4n) is 0.622.